The van der Waals surface area contributed by atoms with E-state index in [2.05, 4.69) is 10.6 Å². The van der Waals surface area contributed by atoms with Gasteiger partial charge in [0.15, 0.2) is 0 Å². The van der Waals surface area contributed by atoms with Crippen molar-refractivity contribution in [2.24, 2.45) is 0 Å². The van der Waals surface area contributed by atoms with Gasteiger partial charge in [0, 0.05) is 5.70 Å². The van der Waals surface area contributed by atoms with Crippen LogP contribution in [-0.4, -0.2) is 18.6 Å². The van der Waals surface area contributed by atoms with Gasteiger partial charge in [0.05, 0.1) is 18.2 Å². The maximum absolute atomic E-state index is 12.4. The Balaban J connectivity index is 1.84. The second-order valence-electron chi connectivity index (χ2n) is 6.14. The van der Waals surface area contributed by atoms with Gasteiger partial charge in [-0.15, -0.1) is 0 Å². The van der Waals surface area contributed by atoms with E-state index in [4.69, 9.17) is 9.47 Å². The minimum Gasteiger partial charge on any atom is -0.489 e. The van der Waals surface area contributed by atoms with Crippen LogP contribution in [-0.2, 0) is 16.1 Å². The predicted molar refractivity (Wildman–Crippen MR) is 101 cm³/mol. The topological polar surface area (TPSA) is 76.7 Å². The van der Waals surface area contributed by atoms with Crippen molar-refractivity contribution in [1.29, 1.82) is 0 Å². The average molecular weight is 366 g/mol. The van der Waals surface area contributed by atoms with Gasteiger partial charge < -0.3 is 20.1 Å². The van der Waals surface area contributed by atoms with E-state index in [1.165, 1.54) is 0 Å². The summed E-state index contributed by atoms with van der Waals surface area (Å²) in [4.78, 5) is 24.3. The van der Waals surface area contributed by atoms with Crippen LogP contribution in [0.15, 0.2) is 65.9 Å². The van der Waals surface area contributed by atoms with Gasteiger partial charge in [-0.25, -0.2) is 9.59 Å². The molecule has 1 aliphatic rings. The molecule has 0 saturated heterocycles. The largest absolute Gasteiger partial charge is 0.489 e. The van der Waals surface area contributed by atoms with E-state index in [0.717, 1.165) is 11.1 Å². The molecule has 1 heterocycles. The third-order valence-corrected chi connectivity index (χ3v) is 4.20. The Morgan fingerprint density at radius 2 is 1.89 bits per heavy atom. The van der Waals surface area contributed by atoms with Crippen molar-refractivity contribution >= 4 is 12.0 Å². The smallest absolute Gasteiger partial charge is 0.338 e. The summed E-state index contributed by atoms with van der Waals surface area (Å²) in [5, 5.41) is 5.42. The van der Waals surface area contributed by atoms with Gasteiger partial charge in [0.25, 0.3) is 0 Å². The molecular weight excluding hydrogens is 344 g/mol. The van der Waals surface area contributed by atoms with Crippen molar-refractivity contribution in [1.82, 2.24) is 10.6 Å². The minimum atomic E-state index is -0.599. The van der Waals surface area contributed by atoms with Gasteiger partial charge >= 0.3 is 12.0 Å². The predicted octanol–water partition coefficient (Wildman–Crippen LogP) is 3.46. The van der Waals surface area contributed by atoms with E-state index in [9.17, 15) is 9.59 Å². The molecule has 0 unspecified atom stereocenters. The van der Waals surface area contributed by atoms with E-state index < -0.39 is 12.0 Å². The van der Waals surface area contributed by atoms with E-state index in [-0.39, 0.29) is 12.6 Å². The van der Waals surface area contributed by atoms with Gasteiger partial charge in [-0.1, -0.05) is 42.5 Å². The number of hydrogen-bond acceptors (Lipinski definition) is 4. The number of nitrogens with one attached hydrogen (secondary N) is 2. The first kappa shape index (κ1) is 18.5. The molecule has 0 saturated carbocycles. The van der Waals surface area contributed by atoms with Crippen LogP contribution in [0.25, 0.3) is 0 Å². The van der Waals surface area contributed by atoms with E-state index in [0.29, 0.717) is 23.6 Å². The molecule has 2 aromatic rings. The standard InChI is InChI=1S/C21H22N2O4/c1-3-26-20(24)18-14(2)22-21(25)23-19(18)16-10-7-11-17(12-16)27-13-15-8-5-4-6-9-15/h4-12,19H,3,13H2,1-2H3,(H2,22,23,25)/t19-/m0/s1. The van der Waals surface area contributed by atoms with Crippen LogP contribution in [0.4, 0.5) is 4.79 Å². The lowest BCUT2D eigenvalue weighted by Crippen LogP contribution is -2.45. The number of amides is 2. The van der Waals surface area contributed by atoms with Crippen LogP contribution in [0.1, 0.15) is 31.0 Å². The Bertz CT molecular complexity index is 861. The molecule has 1 aliphatic heterocycles. The van der Waals surface area contributed by atoms with Crippen LogP contribution in [0.2, 0.25) is 0 Å². The molecular formula is C21H22N2O4. The molecule has 2 amide bonds. The number of carbonyl (C=O) groups excluding carboxylic acids is 2. The number of esters is 1. The van der Waals surface area contributed by atoms with Gasteiger partial charge in [-0.05, 0) is 37.1 Å². The summed E-state index contributed by atoms with van der Waals surface area (Å²) < 4.78 is 11.0. The van der Waals surface area contributed by atoms with Gasteiger partial charge in [-0.2, -0.15) is 0 Å². The van der Waals surface area contributed by atoms with Gasteiger partial charge in [0.2, 0.25) is 0 Å². The Morgan fingerprint density at radius 1 is 1.11 bits per heavy atom. The summed E-state index contributed by atoms with van der Waals surface area (Å²) in [5.74, 6) is 0.202. The maximum Gasteiger partial charge on any atom is 0.338 e. The Labute approximate surface area is 158 Å². The Kier molecular flexibility index (Phi) is 5.76. The molecule has 0 aromatic heterocycles. The summed E-state index contributed by atoms with van der Waals surface area (Å²) in [6.45, 7) is 4.13. The molecule has 0 aliphatic carbocycles. The van der Waals surface area contributed by atoms with Crippen molar-refractivity contribution in [3.63, 3.8) is 0 Å². The third-order valence-electron chi connectivity index (χ3n) is 4.20. The van der Waals surface area contributed by atoms with Crippen LogP contribution >= 0.6 is 0 Å². The van der Waals surface area contributed by atoms with Crippen molar-refractivity contribution in [3.8, 4) is 5.75 Å². The Hall–Kier alpha value is -3.28. The highest BCUT2D eigenvalue weighted by Gasteiger charge is 2.32. The molecule has 2 aromatic carbocycles. The second kappa shape index (κ2) is 8.40. The summed E-state index contributed by atoms with van der Waals surface area (Å²) >= 11 is 0. The molecule has 27 heavy (non-hydrogen) atoms. The van der Waals surface area contributed by atoms with Crippen LogP contribution in [0.5, 0.6) is 5.75 Å². The zero-order chi connectivity index (χ0) is 19.2. The lowest BCUT2D eigenvalue weighted by Gasteiger charge is -2.28. The second-order valence-corrected chi connectivity index (χ2v) is 6.14. The van der Waals surface area contributed by atoms with Crippen molar-refractivity contribution < 1.29 is 19.1 Å². The molecule has 1 atom stereocenters. The summed E-state index contributed by atoms with van der Waals surface area (Å²) in [6, 6.07) is 16.2. The number of hydrogen-bond donors (Lipinski definition) is 2. The molecule has 6 nitrogen and oxygen atoms in total. The van der Waals surface area contributed by atoms with Gasteiger partial charge in [-0.3, -0.25) is 0 Å². The summed E-state index contributed by atoms with van der Waals surface area (Å²) in [5.41, 5.74) is 2.67. The first-order valence-corrected chi connectivity index (χ1v) is 8.80. The fourth-order valence-electron chi connectivity index (χ4n) is 2.95. The fourth-order valence-corrected chi connectivity index (χ4v) is 2.95. The van der Waals surface area contributed by atoms with Crippen molar-refractivity contribution in [2.75, 3.05) is 6.61 Å². The number of carbonyl (C=O) groups is 2. The normalized spacial score (nSPS) is 16.4. The number of allylic oxidation sites excluding steroid dienone is 1. The van der Waals surface area contributed by atoms with Gasteiger partial charge in [0.1, 0.15) is 12.4 Å². The molecule has 0 fully saturated rings. The highest BCUT2D eigenvalue weighted by molar-refractivity contribution is 5.95. The number of ether oxygens (including phenoxy) is 2. The minimum absolute atomic E-state index is 0.260. The van der Waals surface area contributed by atoms with E-state index in [1.807, 2.05) is 54.6 Å². The van der Waals surface area contributed by atoms with Crippen LogP contribution < -0.4 is 15.4 Å². The SMILES string of the molecule is CCOC(=O)C1=C(C)NC(=O)N[C@H]1c1cccc(OCc2ccccc2)c1. The molecule has 0 spiro atoms. The fraction of sp³-hybridized carbons (Fsp3) is 0.238. The molecule has 0 bridgehead atoms. The first-order valence-electron chi connectivity index (χ1n) is 8.80. The zero-order valence-electron chi connectivity index (χ0n) is 15.3. The number of urea groups is 1. The lowest BCUT2D eigenvalue weighted by molar-refractivity contribution is -0.139. The average Bonchev–Trinajstić information content (AvgIpc) is 2.67. The van der Waals surface area contributed by atoms with Crippen LogP contribution in [0.3, 0.4) is 0 Å². The van der Waals surface area contributed by atoms with Crippen molar-refractivity contribution in [3.05, 3.63) is 77.0 Å². The molecule has 140 valence electrons. The first-order chi connectivity index (χ1) is 13.1. The van der Waals surface area contributed by atoms with E-state index in [1.54, 1.807) is 13.8 Å². The number of benzene rings is 2. The third kappa shape index (κ3) is 4.47. The molecule has 3 rings (SSSR count). The summed E-state index contributed by atoms with van der Waals surface area (Å²) in [7, 11) is 0. The quantitative estimate of drug-likeness (QED) is 0.768. The van der Waals surface area contributed by atoms with Crippen molar-refractivity contribution in [2.45, 2.75) is 26.5 Å². The van der Waals surface area contributed by atoms with E-state index >= 15 is 0 Å². The number of rotatable bonds is 6. The highest BCUT2D eigenvalue weighted by Crippen LogP contribution is 2.29. The molecule has 6 heteroatoms. The monoisotopic (exact) mass is 366 g/mol. The summed E-state index contributed by atoms with van der Waals surface area (Å²) in [6.07, 6.45) is 0. The molecule has 0 radical (unpaired) electrons. The lowest BCUT2D eigenvalue weighted by atomic mass is 9.95. The van der Waals surface area contributed by atoms with Crippen LogP contribution in [0, 0.1) is 0 Å². The Morgan fingerprint density at radius 3 is 2.63 bits per heavy atom. The molecule has 2 N–H and O–H groups in total. The zero-order valence-corrected chi connectivity index (χ0v) is 15.3. The maximum atomic E-state index is 12.4. The highest BCUT2D eigenvalue weighted by atomic mass is 16.5.